The summed E-state index contributed by atoms with van der Waals surface area (Å²) in [5, 5.41) is 0. The normalized spacial score (nSPS) is 15.4. The molecule has 0 atom stereocenters. The standard InChI is InChI=1S/C23H25NO5/c1-4-23(27-12-13-28-23)18-10-11-20(21(14-18)25-3)26-15-19-16(2)29-22(24-19)17-8-6-5-7-9-17/h5-11,14H,4,12-13,15H2,1-3H3. The lowest BCUT2D eigenvalue weighted by Gasteiger charge is -2.27. The van der Waals surface area contributed by atoms with Gasteiger partial charge in [-0.1, -0.05) is 25.1 Å². The third-order valence-electron chi connectivity index (χ3n) is 5.10. The summed E-state index contributed by atoms with van der Waals surface area (Å²) < 4.78 is 29.1. The predicted octanol–water partition coefficient (Wildman–Crippen LogP) is 4.85. The van der Waals surface area contributed by atoms with Gasteiger partial charge in [-0.15, -0.1) is 0 Å². The van der Waals surface area contributed by atoms with Crippen LogP contribution in [-0.4, -0.2) is 25.3 Å². The molecular formula is C23H25NO5. The SMILES string of the molecule is CCC1(c2ccc(OCc3nc(-c4ccccc4)oc3C)c(OC)c2)OCCO1. The molecular weight excluding hydrogens is 370 g/mol. The van der Waals surface area contributed by atoms with Gasteiger partial charge in [-0.25, -0.2) is 4.98 Å². The van der Waals surface area contributed by atoms with Crippen LogP contribution in [0.4, 0.5) is 0 Å². The Balaban J connectivity index is 1.52. The Hall–Kier alpha value is -2.83. The lowest BCUT2D eigenvalue weighted by molar-refractivity contribution is -0.167. The molecule has 0 radical (unpaired) electrons. The number of benzene rings is 2. The highest BCUT2D eigenvalue weighted by molar-refractivity contribution is 5.53. The third kappa shape index (κ3) is 3.86. The van der Waals surface area contributed by atoms with Crippen LogP contribution >= 0.6 is 0 Å². The van der Waals surface area contributed by atoms with Crippen molar-refractivity contribution in [3.05, 3.63) is 65.5 Å². The summed E-state index contributed by atoms with van der Waals surface area (Å²) in [5.41, 5.74) is 2.61. The second kappa shape index (κ2) is 8.27. The third-order valence-corrected chi connectivity index (χ3v) is 5.10. The average molecular weight is 395 g/mol. The minimum atomic E-state index is -0.709. The van der Waals surface area contributed by atoms with Gasteiger partial charge in [-0.3, -0.25) is 0 Å². The number of rotatable bonds is 7. The van der Waals surface area contributed by atoms with Gasteiger partial charge >= 0.3 is 0 Å². The fourth-order valence-corrected chi connectivity index (χ4v) is 3.47. The molecule has 152 valence electrons. The quantitative estimate of drug-likeness (QED) is 0.570. The number of nitrogens with zero attached hydrogens (tertiary/aromatic N) is 1. The van der Waals surface area contributed by atoms with Gasteiger partial charge in [0.1, 0.15) is 18.1 Å². The van der Waals surface area contributed by atoms with Gasteiger partial charge in [0, 0.05) is 17.5 Å². The van der Waals surface area contributed by atoms with E-state index in [-0.39, 0.29) is 6.61 Å². The van der Waals surface area contributed by atoms with Crippen LogP contribution in [0.25, 0.3) is 11.5 Å². The van der Waals surface area contributed by atoms with E-state index in [1.807, 2.05) is 62.4 Å². The lowest BCUT2D eigenvalue weighted by Crippen LogP contribution is -2.26. The van der Waals surface area contributed by atoms with Crippen molar-refractivity contribution in [2.45, 2.75) is 32.7 Å². The van der Waals surface area contributed by atoms with Crippen LogP contribution < -0.4 is 9.47 Å². The molecule has 0 saturated carbocycles. The van der Waals surface area contributed by atoms with E-state index in [0.717, 1.165) is 29.0 Å². The number of ether oxygens (including phenoxy) is 4. The van der Waals surface area contributed by atoms with Crippen LogP contribution in [0.2, 0.25) is 0 Å². The van der Waals surface area contributed by atoms with E-state index in [1.165, 1.54) is 0 Å². The number of hydrogen-bond acceptors (Lipinski definition) is 6. The Labute approximate surface area is 170 Å². The van der Waals surface area contributed by atoms with Crippen molar-refractivity contribution >= 4 is 0 Å². The van der Waals surface area contributed by atoms with E-state index in [1.54, 1.807) is 7.11 Å². The molecule has 6 heteroatoms. The first kappa shape index (κ1) is 19.5. The zero-order valence-electron chi connectivity index (χ0n) is 16.9. The summed E-state index contributed by atoms with van der Waals surface area (Å²) in [4.78, 5) is 4.58. The highest BCUT2D eigenvalue weighted by Gasteiger charge is 2.37. The lowest BCUT2D eigenvalue weighted by atomic mass is 10.0. The molecule has 1 aromatic heterocycles. The van der Waals surface area contributed by atoms with Gasteiger partial charge in [-0.05, 0) is 37.3 Å². The minimum Gasteiger partial charge on any atom is -0.493 e. The largest absolute Gasteiger partial charge is 0.493 e. The van der Waals surface area contributed by atoms with Crippen LogP contribution in [0.15, 0.2) is 52.9 Å². The first-order valence-corrected chi connectivity index (χ1v) is 9.76. The van der Waals surface area contributed by atoms with Crippen molar-refractivity contribution in [1.29, 1.82) is 0 Å². The minimum absolute atomic E-state index is 0.282. The molecule has 6 nitrogen and oxygen atoms in total. The van der Waals surface area contributed by atoms with E-state index in [4.69, 9.17) is 23.4 Å². The molecule has 1 aliphatic rings. The molecule has 4 rings (SSSR count). The van der Waals surface area contributed by atoms with Gasteiger partial charge < -0.3 is 23.4 Å². The highest BCUT2D eigenvalue weighted by atomic mass is 16.7. The molecule has 0 bridgehead atoms. The van der Waals surface area contributed by atoms with Crippen LogP contribution in [0.1, 0.15) is 30.4 Å². The molecule has 1 fully saturated rings. The Kier molecular flexibility index (Phi) is 5.56. The maximum absolute atomic E-state index is 6.00. The second-order valence-electron chi connectivity index (χ2n) is 6.85. The molecule has 0 aliphatic carbocycles. The zero-order chi connectivity index (χ0) is 20.3. The van der Waals surface area contributed by atoms with Crippen LogP contribution in [0, 0.1) is 6.92 Å². The topological polar surface area (TPSA) is 63.0 Å². The summed E-state index contributed by atoms with van der Waals surface area (Å²) in [6, 6.07) is 15.6. The number of aryl methyl sites for hydroxylation is 1. The summed E-state index contributed by atoms with van der Waals surface area (Å²) in [7, 11) is 1.62. The van der Waals surface area contributed by atoms with Crippen LogP contribution in [0.3, 0.4) is 0 Å². The van der Waals surface area contributed by atoms with E-state index in [0.29, 0.717) is 30.6 Å². The molecule has 1 aliphatic heterocycles. The number of aromatic nitrogens is 1. The van der Waals surface area contributed by atoms with Crippen molar-refractivity contribution in [3.8, 4) is 23.0 Å². The van der Waals surface area contributed by atoms with E-state index in [2.05, 4.69) is 4.98 Å². The van der Waals surface area contributed by atoms with Crippen LogP contribution in [0.5, 0.6) is 11.5 Å². The maximum atomic E-state index is 6.00. The Morgan fingerprint density at radius 1 is 1.03 bits per heavy atom. The molecule has 3 aromatic rings. The summed E-state index contributed by atoms with van der Waals surface area (Å²) in [6.45, 7) is 5.38. The molecule has 0 amide bonds. The summed E-state index contributed by atoms with van der Waals surface area (Å²) >= 11 is 0. The second-order valence-corrected chi connectivity index (χ2v) is 6.85. The number of hydrogen-bond donors (Lipinski definition) is 0. The summed E-state index contributed by atoms with van der Waals surface area (Å²) in [5.74, 6) is 1.86. The van der Waals surface area contributed by atoms with Gasteiger partial charge in [0.05, 0.1) is 20.3 Å². The maximum Gasteiger partial charge on any atom is 0.226 e. The first-order chi connectivity index (χ1) is 14.1. The molecule has 0 spiro atoms. The Morgan fingerprint density at radius 3 is 2.48 bits per heavy atom. The van der Waals surface area contributed by atoms with Gasteiger partial charge in [-0.2, -0.15) is 0 Å². The van der Waals surface area contributed by atoms with E-state index < -0.39 is 5.79 Å². The zero-order valence-corrected chi connectivity index (χ0v) is 16.9. The van der Waals surface area contributed by atoms with Crippen molar-refractivity contribution in [3.63, 3.8) is 0 Å². The van der Waals surface area contributed by atoms with Crippen molar-refractivity contribution in [1.82, 2.24) is 4.98 Å². The fraction of sp³-hybridized carbons (Fsp3) is 0.348. The van der Waals surface area contributed by atoms with Gasteiger partial charge in [0.2, 0.25) is 5.89 Å². The first-order valence-electron chi connectivity index (χ1n) is 9.76. The molecule has 2 aromatic carbocycles. The average Bonchev–Trinajstić information content (AvgIpc) is 3.40. The van der Waals surface area contributed by atoms with E-state index in [9.17, 15) is 0 Å². The van der Waals surface area contributed by atoms with Crippen molar-refractivity contribution < 1.29 is 23.4 Å². The molecule has 0 N–H and O–H groups in total. The molecule has 2 heterocycles. The highest BCUT2D eigenvalue weighted by Crippen LogP contribution is 2.39. The molecule has 0 unspecified atom stereocenters. The van der Waals surface area contributed by atoms with Gasteiger partial charge in [0.15, 0.2) is 17.3 Å². The fourth-order valence-electron chi connectivity index (χ4n) is 3.47. The van der Waals surface area contributed by atoms with Crippen LogP contribution in [-0.2, 0) is 21.9 Å². The number of oxazole rings is 1. The van der Waals surface area contributed by atoms with Gasteiger partial charge in [0.25, 0.3) is 0 Å². The van der Waals surface area contributed by atoms with E-state index >= 15 is 0 Å². The van der Waals surface area contributed by atoms with Crippen molar-refractivity contribution in [2.24, 2.45) is 0 Å². The number of methoxy groups -OCH3 is 1. The molecule has 1 saturated heterocycles. The summed E-state index contributed by atoms with van der Waals surface area (Å²) in [6.07, 6.45) is 0.719. The Morgan fingerprint density at radius 2 is 1.79 bits per heavy atom. The van der Waals surface area contributed by atoms with Crippen molar-refractivity contribution in [2.75, 3.05) is 20.3 Å². The predicted molar refractivity (Wildman–Crippen MR) is 108 cm³/mol. The molecule has 29 heavy (non-hydrogen) atoms. The monoisotopic (exact) mass is 395 g/mol. The Bertz CT molecular complexity index is 961. The smallest absolute Gasteiger partial charge is 0.226 e.